The van der Waals surface area contributed by atoms with Crippen molar-refractivity contribution in [3.8, 4) is 5.75 Å². The number of hydrogen-bond donors (Lipinski definition) is 1. The Labute approximate surface area is 123 Å². The lowest BCUT2D eigenvalue weighted by molar-refractivity contribution is 0.0636. The Morgan fingerprint density at radius 3 is 2.45 bits per heavy atom. The van der Waals surface area contributed by atoms with E-state index in [4.69, 9.17) is 21.1 Å². The van der Waals surface area contributed by atoms with E-state index in [0.717, 1.165) is 0 Å². The third-order valence-electron chi connectivity index (χ3n) is 2.28. The van der Waals surface area contributed by atoms with Crippen LogP contribution in [0.5, 0.6) is 5.75 Å². The Morgan fingerprint density at radius 2 is 1.95 bits per heavy atom. The van der Waals surface area contributed by atoms with Gasteiger partial charge in [-0.3, -0.25) is 10.1 Å². The fourth-order valence-corrected chi connectivity index (χ4v) is 1.62. The number of rotatable bonds is 4. The second-order valence-corrected chi connectivity index (χ2v) is 5.36. The number of halogens is 1. The molecule has 1 aromatic rings. The van der Waals surface area contributed by atoms with Crippen molar-refractivity contribution < 1.29 is 19.1 Å². The van der Waals surface area contributed by atoms with Gasteiger partial charge in [0.05, 0.1) is 18.7 Å². The summed E-state index contributed by atoms with van der Waals surface area (Å²) in [5, 5.41) is 2.54. The number of amides is 1. The molecular weight excluding hydrogens is 282 g/mol. The first-order valence-electron chi connectivity index (χ1n) is 6.04. The molecule has 0 aliphatic carbocycles. The van der Waals surface area contributed by atoms with E-state index >= 15 is 0 Å². The van der Waals surface area contributed by atoms with Gasteiger partial charge < -0.3 is 9.47 Å². The highest BCUT2D eigenvalue weighted by Gasteiger charge is 2.19. The van der Waals surface area contributed by atoms with E-state index in [-0.39, 0.29) is 17.2 Å². The lowest BCUT2D eigenvalue weighted by Gasteiger charge is -2.20. The molecule has 1 aromatic carbocycles. The Hall–Kier alpha value is -1.75. The van der Waals surface area contributed by atoms with Crippen molar-refractivity contribution in [2.24, 2.45) is 0 Å². The van der Waals surface area contributed by atoms with Gasteiger partial charge in [-0.15, -0.1) is 11.6 Å². The van der Waals surface area contributed by atoms with Crippen LogP contribution in [0.3, 0.4) is 0 Å². The summed E-state index contributed by atoms with van der Waals surface area (Å²) in [5.41, 5.74) is 0.00337. The quantitative estimate of drug-likeness (QED) is 0.683. The lowest BCUT2D eigenvalue weighted by Crippen LogP contribution is -2.27. The molecule has 0 saturated carbocycles. The molecule has 0 bridgehead atoms. The van der Waals surface area contributed by atoms with E-state index < -0.39 is 11.7 Å². The van der Waals surface area contributed by atoms with E-state index in [0.29, 0.717) is 11.4 Å². The predicted molar refractivity (Wildman–Crippen MR) is 77.9 cm³/mol. The zero-order valence-electron chi connectivity index (χ0n) is 12.0. The summed E-state index contributed by atoms with van der Waals surface area (Å²) >= 11 is 5.56. The molecule has 0 fully saturated rings. The fraction of sp³-hybridized carbons (Fsp3) is 0.429. The Kier molecular flexibility index (Phi) is 5.39. The first kappa shape index (κ1) is 16.3. The van der Waals surface area contributed by atoms with E-state index in [2.05, 4.69) is 5.32 Å². The van der Waals surface area contributed by atoms with Crippen molar-refractivity contribution in [3.05, 3.63) is 23.8 Å². The normalized spacial score (nSPS) is 10.8. The topological polar surface area (TPSA) is 64.6 Å². The van der Waals surface area contributed by atoms with Gasteiger partial charge in [-0.2, -0.15) is 0 Å². The second kappa shape index (κ2) is 6.61. The van der Waals surface area contributed by atoms with Gasteiger partial charge in [0.15, 0.2) is 5.78 Å². The van der Waals surface area contributed by atoms with Crippen LogP contribution in [0.15, 0.2) is 18.2 Å². The molecule has 6 heteroatoms. The van der Waals surface area contributed by atoms with Gasteiger partial charge in [-0.25, -0.2) is 4.79 Å². The minimum atomic E-state index is -0.633. The smallest absolute Gasteiger partial charge is 0.412 e. The van der Waals surface area contributed by atoms with Crippen LogP contribution in [0.4, 0.5) is 10.5 Å². The highest BCUT2D eigenvalue weighted by atomic mass is 35.5. The molecule has 0 aliphatic heterocycles. The molecule has 5 nitrogen and oxygen atoms in total. The molecule has 0 aromatic heterocycles. The van der Waals surface area contributed by atoms with E-state index in [1.807, 2.05) is 0 Å². The SMILES string of the molecule is COc1ccc(NC(=O)OC(C)(C)C)c(C(=O)CCl)c1. The highest BCUT2D eigenvalue weighted by Crippen LogP contribution is 2.23. The minimum absolute atomic E-state index is 0.184. The number of carbonyl (C=O) groups is 2. The van der Waals surface area contributed by atoms with Crippen molar-refractivity contribution >= 4 is 29.2 Å². The molecule has 0 spiro atoms. The molecule has 110 valence electrons. The summed E-state index contributed by atoms with van der Waals surface area (Å²) in [7, 11) is 1.49. The molecule has 1 amide bonds. The van der Waals surface area contributed by atoms with Crippen LogP contribution in [0.2, 0.25) is 0 Å². The second-order valence-electron chi connectivity index (χ2n) is 5.10. The number of anilines is 1. The third kappa shape index (κ3) is 4.74. The van der Waals surface area contributed by atoms with Crippen LogP contribution in [0.25, 0.3) is 0 Å². The zero-order valence-corrected chi connectivity index (χ0v) is 12.7. The van der Waals surface area contributed by atoms with Gasteiger partial charge in [-0.1, -0.05) is 0 Å². The number of alkyl halides is 1. The lowest BCUT2D eigenvalue weighted by atomic mass is 10.1. The number of hydrogen-bond acceptors (Lipinski definition) is 4. The molecule has 0 saturated heterocycles. The number of ether oxygens (including phenoxy) is 2. The van der Waals surface area contributed by atoms with Crippen molar-refractivity contribution in [3.63, 3.8) is 0 Å². The number of methoxy groups -OCH3 is 1. The Bertz CT molecular complexity index is 508. The van der Waals surface area contributed by atoms with E-state index in [1.165, 1.54) is 13.2 Å². The number of ketones is 1. The maximum absolute atomic E-state index is 11.8. The zero-order chi connectivity index (χ0) is 15.3. The standard InChI is InChI=1S/C14H18ClNO4/c1-14(2,3)20-13(18)16-11-6-5-9(19-4)7-10(11)12(17)8-15/h5-7H,8H2,1-4H3,(H,16,18). The summed E-state index contributed by atoms with van der Waals surface area (Å²) in [6.45, 7) is 5.27. The van der Waals surface area contributed by atoms with Crippen LogP contribution >= 0.6 is 11.6 Å². The molecule has 1 rings (SSSR count). The number of benzene rings is 1. The van der Waals surface area contributed by atoms with Crippen molar-refractivity contribution in [2.75, 3.05) is 18.3 Å². The average molecular weight is 300 g/mol. The minimum Gasteiger partial charge on any atom is -0.497 e. The van der Waals surface area contributed by atoms with Crippen LogP contribution in [0.1, 0.15) is 31.1 Å². The van der Waals surface area contributed by atoms with Crippen LogP contribution in [-0.2, 0) is 4.74 Å². The number of nitrogens with one attached hydrogen (secondary N) is 1. The maximum Gasteiger partial charge on any atom is 0.412 e. The highest BCUT2D eigenvalue weighted by molar-refractivity contribution is 6.31. The molecule has 1 N–H and O–H groups in total. The van der Waals surface area contributed by atoms with Crippen LogP contribution in [0, 0.1) is 0 Å². The molecule has 0 radical (unpaired) electrons. The molecule has 0 heterocycles. The predicted octanol–water partition coefficient (Wildman–Crippen LogP) is 3.46. The summed E-state index contributed by atoms with van der Waals surface area (Å²) in [4.78, 5) is 23.5. The summed E-state index contributed by atoms with van der Waals surface area (Å²) < 4.78 is 10.2. The van der Waals surface area contributed by atoms with Crippen LogP contribution in [-0.4, -0.2) is 30.5 Å². The Balaban J connectivity index is 2.99. The molecule has 0 unspecified atom stereocenters. The van der Waals surface area contributed by atoms with Gasteiger partial charge in [0.2, 0.25) is 0 Å². The van der Waals surface area contributed by atoms with Crippen LogP contribution < -0.4 is 10.1 Å². The van der Waals surface area contributed by atoms with Gasteiger partial charge in [0.25, 0.3) is 0 Å². The first-order chi connectivity index (χ1) is 9.26. The fourth-order valence-electron chi connectivity index (χ4n) is 1.48. The van der Waals surface area contributed by atoms with Crippen molar-refractivity contribution in [1.82, 2.24) is 0 Å². The van der Waals surface area contributed by atoms with Crippen molar-refractivity contribution in [1.29, 1.82) is 0 Å². The third-order valence-corrected chi connectivity index (χ3v) is 2.53. The van der Waals surface area contributed by atoms with E-state index in [1.54, 1.807) is 32.9 Å². The summed E-state index contributed by atoms with van der Waals surface area (Å²) in [5.74, 6) is 0.0146. The van der Waals surface area contributed by atoms with Crippen molar-refractivity contribution in [2.45, 2.75) is 26.4 Å². The van der Waals surface area contributed by atoms with Gasteiger partial charge >= 0.3 is 6.09 Å². The first-order valence-corrected chi connectivity index (χ1v) is 6.57. The van der Waals surface area contributed by atoms with Gasteiger partial charge in [-0.05, 0) is 39.0 Å². The number of Topliss-reactive ketones (excluding diaryl/α,β-unsaturated/α-hetero) is 1. The average Bonchev–Trinajstić information content (AvgIpc) is 2.36. The Morgan fingerprint density at radius 1 is 1.30 bits per heavy atom. The molecule has 0 atom stereocenters. The molecular formula is C14H18ClNO4. The molecule has 20 heavy (non-hydrogen) atoms. The van der Waals surface area contributed by atoms with Gasteiger partial charge in [0.1, 0.15) is 11.4 Å². The summed E-state index contributed by atoms with van der Waals surface area (Å²) in [6.07, 6.45) is -0.633. The molecule has 0 aliphatic rings. The van der Waals surface area contributed by atoms with E-state index in [9.17, 15) is 9.59 Å². The maximum atomic E-state index is 11.8. The summed E-state index contributed by atoms with van der Waals surface area (Å²) in [6, 6.07) is 4.73. The number of carbonyl (C=O) groups excluding carboxylic acids is 2. The monoisotopic (exact) mass is 299 g/mol. The van der Waals surface area contributed by atoms with Gasteiger partial charge in [0, 0.05) is 5.56 Å². The largest absolute Gasteiger partial charge is 0.497 e.